The van der Waals surface area contributed by atoms with E-state index in [1.54, 1.807) is 0 Å². The molecule has 4 nitrogen and oxygen atoms in total. The number of hydrogen-bond donors (Lipinski definition) is 2. The number of aliphatic hydroxyl groups excluding tert-OH is 1. The van der Waals surface area contributed by atoms with Gasteiger partial charge in [0, 0.05) is 0 Å². The van der Waals surface area contributed by atoms with E-state index < -0.39 is 21.5 Å². The molecule has 0 heterocycles. The van der Waals surface area contributed by atoms with Crippen molar-refractivity contribution in [1.82, 2.24) is 0 Å². The molecular weight excluding hydrogens is 240 g/mol. The Morgan fingerprint density at radius 2 is 1.41 bits per heavy atom. The highest BCUT2D eigenvalue weighted by Gasteiger charge is 2.29. The summed E-state index contributed by atoms with van der Waals surface area (Å²) in [6.45, 7) is 4.08. The Balaban J connectivity index is 4.26. The molecule has 0 aromatic rings. The van der Waals surface area contributed by atoms with Gasteiger partial charge < -0.3 is 5.11 Å². The summed E-state index contributed by atoms with van der Waals surface area (Å²) >= 11 is 0. The Hall–Kier alpha value is -0.130. The molecule has 0 aromatic heterocycles. The van der Waals surface area contributed by atoms with Crippen molar-refractivity contribution >= 4 is 10.1 Å². The van der Waals surface area contributed by atoms with Gasteiger partial charge in [-0.15, -0.1) is 0 Å². The minimum atomic E-state index is -4.13. The topological polar surface area (TPSA) is 74.6 Å². The molecule has 0 aliphatic carbocycles. The first-order valence-corrected chi connectivity index (χ1v) is 8.08. The second kappa shape index (κ2) is 8.89. The maximum Gasteiger partial charge on any atom is 0.270 e. The van der Waals surface area contributed by atoms with E-state index in [2.05, 4.69) is 0 Å². The second-order valence-corrected chi connectivity index (χ2v) is 6.25. The number of hydrogen-bond acceptors (Lipinski definition) is 3. The highest BCUT2D eigenvalue weighted by Crippen LogP contribution is 2.18. The molecule has 0 amide bonds. The van der Waals surface area contributed by atoms with Crippen LogP contribution >= 0.6 is 0 Å². The van der Waals surface area contributed by atoms with Crippen LogP contribution in [0.25, 0.3) is 0 Å². The van der Waals surface area contributed by atoms with Crippen LogP contribution in [0.1, 0.15) is 65.2 Å². The van der Waals surface area contributed by atoms with Crippen LogP contribution in [0.15, 0.2) is 0 Å². The summed E-state index contributed by atoms with van der Waals surface area (Å²) in [6, 6.07) is 0. The standard InChI is InChI=1S/C12H26O4S/c1-3-5-7-9-11(13)12(17(14,15)16)10-8-6-4-2/h11-13H,3-10H2,1-2H3,(H,14,15,16). The molecule has 2 atom stereocenters. The van der Waals surface area contributed by atoms with Gasteiger partial charge in [0.1, 0.15) is 5.25 Å². The van der Waals surface area contributed by atoms with Gasteiger partial charge >= 0.3 is 0 Å². The maximum absolute atomic E-state index is 11.2. The molecular formula is C12H26O4S. The first-order valence-electron chi connectivity index (χ1n) is 6.57. The van der Waals surface area contributed by atoms with Crippen LogP contribution in [-0.2, 0) is 10.1 Å². The van der Waals surface area contributed by atoms with Crippen molar-refractivity contribution in [3.8, 4) is 0 Å². The van der Waals surface area contributed by atoms with Gasteiger partial charge in [0.15, 0.2) is 0 Å². The summed E-state index contributed by atoms with van der Waals surface area (Å²) in [5.74, 6) is 0. The Labute approximate surface area is 105 Å². The van der Waals surface area contributed by atoms with Gasteiger partial charge in [-0.3, -0.25) is 4.55 Å². The van der Waals surface area contributed by atoms with Crippen LogP contribution in [0.3, 0.4) is 0 Å². The molecule has 2 unspecified atom stereocenters. The molecule has 0 radical (unpaired) electrons. The van der Waals surface area contributed by atoms with Crippen molar-refractivity contribution in [3.05, 3.63) is 0 Å². The number of unbranched alkanes of at least 4 members (excludes halogenated alkanes) is 4. The Morgan fingerprint density at radius 1 is 0.941 bits per heavy atom. The molecule has 0 spiro atoms. The Morgan fingerprint density at radius 3 is 1.82 bits per heavy atom. The van der Waals surface area contributed by atoms with E-state index >= 15 is 0 Å². The molecule has 0 rings (SSSR count). The lowest BCUT2D eigenvalue weighted by Crippen LogP contribution is -2.33. The van der Waals surface area contributed by atoms with Gasteiger partial charge in [0.25, 0.3) is 10.1 Å². The van der Waals surface area contributed by atoms with Crippen LogP contribution in [0.4, 0.5) is 0 Å². The van der Waals surface area contributed by atoms with E-state index in [0.29, 0.717) is 12.8 Å². The first kappa shape index (κ1) is 16.9. The summed E-state index contributed by atoms with van der Waals surface area (Å²) in [5, 5.41) is 8.82. The third-order valence-corrected chi connectivity index (χ3v) is 4.32. The van der Waals surface area contributed by atoms with Crippen LogP contribution in [0.5, 0.6) is 0 Å². The van der Waals surface area contributed by atoms with E-state index in [1.165, 1.54) is 0 Å². The zero-order chi connectivity index (χ0) is 13.3. The van der Waals surface area contributed by atoms with Gasteiger partial charge in [-0.1, -0.05) is 52.4 Å². The quantitative estimate of drug-likeness (QED) is 0.471. The smallest absolute Gasteiger partial charge is 0.270 e. The van der Waals surface area contributed by atoms with Crippen LogP contribution in [0.2, 0.25) is 0 Å². The lowest BCUT2D eigenvalue weighted by atomic mass is 10.0. The summed E-state index contributed by atoms with van der Waals surface area (Å²) in [7, 11) is -4.13. The normalized spacial score (nSPS) is 15.8. The highest BCUT2D eigenvalue weighted by atomic mass is 32.2. The Kier molecular flexibility index (Phi) is 8.82. The predicted octanol–water partition coefficient (Wildman–Crippen LogP) is 2.76. The van der Waals surface area contributed by atoms with E-state index in [9.17, 15) is 13.5 Å². The molecule has 2 N–H and O–H groups in total. The molecule has 17 heavy (non-hydrogen) atoms. The molecule has 0 bridgehead atoms. The van der Waals surface area contributed by atoms with Crippen LogP contribution < -0.4 is 0 Å². The summed E-state index contributed by atoms with van der Waals surface area (Å²) < 4.78 is 31.5. The molecule has 104 valence electrons. The molecule has 0 saturated carbocycles. The average molecular weight is 266 g/mol. The fourth-order valence-electron chi connectivity index (χ4n) is 1.92. The van der Waals surface area contributed by atoms with Crippen molar-refractivity contribution in [1.29, 1.82) is 0 Å². The van der Waals surface area contributed by atoms with Gasteiger partial charge in [-0.05, 0) is 12.8 Å². The predicted molar refractivity (Wildman–Crippen MR) is 69.6 cm³/mol. The largest absolute Gasteiger partial charge is 0.392 e. The van der Waals surface area contributed by atoms with Crippen molar-refractivity contribution in [2.24, 2.45) is 0 Å². The number of aliphatic hydroxyl groups is 1. The molecule has 0 aliphatic rings. The lowest BCUT2D eigenvalue weighted by molar-refractivity contribution is 0.146. The summed E-state index contributed by atoms with van der Waals surface area (Å²) in [4.78, 5) is 0. The van der Waals surface area contributed by atoms with Crippen molar-refractivity contribution < 1.29 is 18.1 Å². The van der Waals surface area contributed by atoms with Gasteiger partial charge in [-0.25, -0.2) is 0 Å². The van der Waals surface area contributed by atoms with E-state index in [0.717, 1.165) is 38.5 Å². The molecule has 5 heteroatoms. The van der Waals surface area contributed by atoms with E-state index in [4.69, 9.17) is 4.55 Å². The monoisotopic (exact) mass is 266 g/mol. The van der Waals surface area contributed by atoms with Gasteiger partial charge in [0.2, 0.25) is 0 Å². The van der Waals surface area contributed by atoms with Gasteiger partial charge in [0.05, 0.1) is 6.10 Å². The average Bonchev–Trinajstić information content (AvgIpc) is 2.23. The first-order chi connectivity index (χ1) is 7.93. The van der Waals surface area contributed by atoms with Crippen molar-refractivity contribution in [2.45, 2.75) is 76.6 Å². The minimum absolute atomic E-state index is 0.347. The number of rotatable bonds is 10. The third-order valence-electron chi connectivity index (χ3n) is 3.01. The van der Waals surface area contributed by atoms with Crippen LogP contribution in [0, 0.1) is 0 Å². The molecule has 0 aliphatic heterocycles. The molecule has 0 saturated heterocycles. The minimum Gasteiger partial charge on any atom is -0.392 e. The fraction of sp³-hybridized carbons (Fsp3) is 1.00. The van der Waals surface area contributed by atoms with E-state index in [1.807, 2.05) is 13.8 Å². The van der Waals surface area contributed by atoms with Crippen LogP contribution in [-0.4, -0.2) is 29.4 Å². The lowest BCUT2D eigenvalue weighted by Gasteiger charge is -2.20. The zero-order valence-corrected chi connectivity index (χ0v) is 11.7. The fourth-order valence-corrected chi connectivity index (χ4v) is 2.92. The second-order valence-electron chi connectivity index (χ2n) is 4.61. The summed E-state index contributed by atoms with van der Waals surface area (Å²) in [5.41, 5.74) is 0. The SMILES string of the molecule is CCCCCC(O)C(CCCCC)S(=O)(=O)O. The van der Waals surface area contributed by atoms with E-state index in [-0.39, 0.29) is 0 Å². The molecule has 0 aromatic carbocycles. The maximum atomic E-state index is 11.2. The summed E-state index contributed by atoms with van der Waals surface area (Å²) in [6.07, 6.45) is 5.31. The molecule has 0 fully saturated rings. The van der Waals surface area contributed by atoms with Crippen molar-refractivity contribution in [3.63, 3.8) is 0 Å². The van der Waals surface area contributed by atoms with Crippen molar-refractivity contribution in [2.75, 3.05) is 0 Å². The third kappa shape index (κ3) is 7.73. The highest BCUT2D eigenvalue weighted by molar-refractivity contribution is 7.86. The zero-order valence-electron chi connectivity index (χ0n) is 10.9. The van der Waals surface area contributed by atoms with Gasteiger partial charge in [-0.2, -0.15) is 8.42 Å². The Bertz CT molecular complexity index is 274.